The van der Waals surface area contributed by atoms with Crippen LogP contribution in [0.5, 0.6) is 5.75 Å². The number of likely N-dealkylation sites (tertiary alicyclic amines) is 1. The third kappa shape index (κ3) is 3.71. The second kappa shape index (κ2) is 6.38. The van der Waals surface area contributed by atoms with Crippen LogP contribution in [0.3, 0.4) is 0 Å². The number of amides is 2. The Kier molecular flexibility index (Phi) is 4.57. The molecule has 6 nitrogen and oxygen atoms in total. The molecule has 0 aliphatic carbocycles. The normalized spacial score (nSPS) is 18.1. The molecule has 2 rings (SSSR count). The van der Waals surface area contributed by atoms with E-state index < -0.39 is 5.91 Å². The van der Waals surface area contributed by atoms with Gasteiger partial charge in [-0.3, -0.25) is 9.59 Å². The minimum Gasteiger partial charge on any atom is -0.493 e. The van der Waals surface area contributed by atoms with Crippen LogP contribution >= 0.6 is 0 Å². The smallest absolute Gasteiger partial charge is 0.248 e. The molecule has 1 heterocycles. The van der Waals surface area contributed by atoms with Gasteiger partial charge in [0.15, 0.2) is 0 Å². The van der Waals surface area contributed by atoms with Gasteiger partial charge in [-0.05, 0) is 24.6 Å². The first-order chi connectivity index (χ1) is 9.56. The molecule has 1 unspecified atom stereocenters. The van der Waals surface area contributed by atoms with Crippen molar-refractivity contribution in [1.29, 1.82) is 0 Å². The van der Waals surface area contributed by atoms with E-state index in [1.165, 1.54) is 0 Å². The molecular weight excluding hydrogens is 258 g/mol. The van der Waals surface area contributed by atoms with Gasteiger partial charge in [0.05, 0.1) is 13.0 Å². The summed E-state index contributed by atoms with van der Waals surface area (Å²) in [5.74, 6) is 0.0776. The molecule has 1 fully saturated rings. The Balaban J connectivity index is 1.79. The van der Waals surface area contributed by atoms with E-state index in [9.17, 15) is 9.59 Å². The van der Waals surface area contributed by atoms with E-state index >= 15 is 0 Å². The summed E-state index contributed by atoms with van der Waals surface area (Å²) in [6.45, 7) is 1.61. The zero-order chi connectivity index (χ0) is 14.5. The van der Waals surface area contributed by atoms with Crippen LogP contribution in [0.4, 0.5) is 0 Å². The molecule has 1 aliphatic heterocycles. The third-order valence-electron chi connectivity index (χ3n) is 3.28. The number of hydrogen-bond acceptors (Lipinski definition) is 4. The summed E-state index contributed by atoms with van der Waals surface area (Å²) in [4.78, 5) is 24.7. The summed E-state index contributed by atoms with van der Waals surface area (Å²) < 4.78 is 5.47. The molecular formula is C14H19N3O3. The first-order valence-electron chi connectivity index (χ1n) is 6.62. The number of hydrogen-bond donors (Lipinski definition) is 2. The Morgan fingerprint density at radius 1 is 1.40 bits per heavy atom. The maximum atomic E-state index is 11.9. The SMILES string of the molecule is NC(=O)c1cccc(OCCC(=O)N2CCC(N)C2)c1. The fourth-order valence-corrected chi connectivity index (χ4v) is 2.17. The van der Waals surface area contributed by atoms with Crippen LogP contribution in [0.1, 0.15) is 23.2 Å². The number of nitrogens with zero attached hydrogens (tertiary/aromatic N) is 1. The van der Waals surface area contributed by atoms with Crippen molar-refractivity contribution in [3.8, 4) is 5.75 Å². The van der Waals surface area contributed by atoms with E-state index in [1.54, 1.807) is 29.2 Å². The quantitative estimate of drug-likeness (QED) is 0.798. The number of carbonyl (C=O) groups excluding carboxylic acids is 2. The molecule has 0 bridgehead atoms. The molecule has 0 radical (unpaired) electrons. The molecule has 0 spiro atoms. The highest BCUT2D eigenvalue weighted by Gasteiger charge is 2.23. The fraction of sp³-hybridized carbons (Fsp3) is 0.429. The number of ether oxygens (including phenoxy) is 1. The molecule has 2 amide bonds. The minimum atomic E-state index is -0.502. The molecule has 0 aromatic heterocycles. The molecule has 4 N–H and O–H groups in total. The summed E-state index contributed by atoms with van der Waals surface area (Å²) >= 11 is 0. The van der Waals surface area contributed by atoms with Crippen LogP contribution in [0, 0.1) is 0 Å². The topological polar surface area (TPSA) is 98.7 Å². The summed E-state index contributed by atoms with van der Waals surface area (Å²) in [5, 5.41) is 0. The highest BCUT2D eigenvalue weighted by molar-refractivity contribution is 5.93. The standard InChI is InChI=1S/C14H19N3O3/c15-11-4-6-17(9-11)13(18)5-7-20-12-3-1-2-10(8-12)14(16)19/h1-3,8,11H,4-7,9,15H2,(H2,16,19). The van der Waals surface area contributed by atoms with E-state index in [1.807, 2.05) is 0 Å². The van der Waals surface area contributed by atoms with Crippen LogP contribution in [0.15, 0.2) is 24.3 Å². The van der Waals surface area contributed by atoms with Gasteiger partial charge >= 0.3 is 0 Å². The Morgan fingerprint density at radius 2 is 2.20 bits per heavy atom. The molecule has 6 heteroatoms. The van der Waals surface area contributed by atoms with E-state index in [-0.39, 0.29) is 18.6 Å². The number of rotatable bonds is 5. The van der Waals surface area contributed by atoms with Gasteiger partial charge in [0.25, 0.3) is 0 Å². The highest BCUT2D eigenvalue weighted by atomic mass is 16.5. The maximum Gasteiger partial charge on any atom is 0.248 e. The highest BCUT2D eigenvalue weighted by Crippen LogP contribution is 2.14. The fourth-order valence-electron chi connectivity index (χ4n) is 2.17. The molecule has 1 atom stereocenters. The third-order valence-corrected chi connectivity index (χ3v) is 3.28. The van der Waals surface area contributed by atoms with Crippen molar-refractivity contribution < 1.29 is 14.3 Å². The van der Waals surface area contributed by atoms with E-state index in [2.05, 4.69) is 0 Å². The lowest BCUT2D eigenvalue weighted by molar-refractivity contribution is -0.130. The summed E-state index contributed by atoms with van der Waals surface area (Å²) in [6.07, 6.45) is 1.15. The first kappa shape index (κ1) is 14.3. The number of benzene rings is 1. The average molecular weight is 277 g/mol. The van der Waals surface area contributed by atoms with Crippen LogP contribution in [-0.2, 0) is 4.79 Å². The summed E-state index contributed by atoms with van der Waals surface area (Å²) in [5.41, 5.74) is 11.3. The van der Waals surface area contributed by atoms with Gasteiger partial charge in [-0.1, -0.05) is 6.07 Å². The number of nitrogens with two attached hydrogens (primary N) is 2. The number of carbonyl (C=O) groups is 2. The van der Waals surface area contributed by atoms with Gasteiger partial charge in [-0.25, -0.2) is 0 Å². The Labute approximate surface area is 117 Å². The summed E-state index contributed by atoms with van der Waals surface area (Å²) in [6, 6.07) is 6.69. The van der Waals surface area contributed by atoms with Gasteiger partial charge in [0.1, 0.15) is 5.75 Å². The lowest BCUT2D eigenvalue weighted by Gasteiger charge is -2.15. The average Bonchev–Trinajstić information content (AvgIpc) is 2.86. The Morgan fingerprint density at radius 3 is 2.85 bits per heavy atom. The van der Waals surface area contributed by atoms with Crippen molar-refractivity contribution in [2.24, 2.45) is 11.5 Å². The Hall–Kier alpha value is -2.08. The van der Waals surface area contributed by atoms with Gasteiger partial charge in [-0.2, -0.15) is 0 Å². The largest absolute Gasteiger partial charge is 0.493 e. The molecule has 0 saturated carbocycles. The predicted octanol–water partition coefficient (Wildman–Crippen LogP) is 0.114. The maximum absolute atomic E-state index is 11.9. The van der Waals surface area contributed by atoms with E-state index in [4.69, 9.17) is 16.2 Å². The zero-order valence-electron chi connectivity index (χ0n) is 11.2. The molecule has 20 heavy (non-hydrogen) atoms. The van der Waals surface area contributed by atoms with Gasteiger partial charge in [-0.15, -0.1) is 0 Å². The van der Waals surface area contributed by atoms with Crippen molar-refractivity contribution in [2.75, 3.05) is 19.7 Å². The van der Waals surface area contributed by atoms with E-state index in [0.717, 1.165) is 13.0 Å². The molecule has 1 aliphatic rings. The number of primary amides is 1. The van der Waals surface area contributed by atoms with Gasteiger partial charge in [0.2, 0.25) is 11.8 Å². The van der Waals surface area contributed by atoms with Gasteiger partial charge < -0.3 is 21.1 Å². The second-order valence-corrected chi connectivity index (χ2v) is 4.88. The van der Waals surface area contributed by atoms with Gasteiger partial charge in [0, 0.05) is 24.7 Å². The van der Waals surface area contributed by atoms with Crippen molar-refractivity contribution in [2.45, 2.75) is 18.9 Å². The minimum absolute atomic E-state index is 0.0454. The lowest BCUT2D eigenvalue weighted by atomic mass is 10.2. The first-order valence-corrected chi connectivity index (χ1v) is 6.62. The predicted molar refractivity (Wildman–Crippen MR) is 74.2 cm³/mol. The molecule has 1 aromatic carbocycles. The van der Waals surface area contributed by atoms with Crippen LogP contribution in [0.25, 0.3) is 0 Å². The monoisotopic (exact) mass is 277 g/mol. The van der Waals surface area contributed by atoms with E-state index in [0.29, 0.717) is 24.3 Å². The molecule has 1 saturated heterocycles. The van der Waals surface area contributed by atoms with Crippen molar-refractivity contribution in [3.05, 3.63) is 29.8 Å². The van der Waals surface area contributed by atoms with Crippen molar-refractivity contribution in [1.82, 2.24) is 4.90 Å². The van der Waals surface area contributed by atoms with Crippen LogP contribution in [0.2, 0.25) is 0 Å². The van der Waals surface area contributed by atoms with Crippen molar-refractivity contribution in [3.63, 3.8) is 0 Å². The zero-order valence-corrected chi connectivity index (χ0v) is 11.2. The summed E-state index contributed by atoms with van der Waals surface area (Å²) in [7, 11) is 0. The molecule has 1 aromatic rings. The molecule has 108 valence electrons. The van der Waals surface area contributed by atoms with Crippen LogP contribution in [-0.4, -0.2) is 42.5 Å². The second-order valence-electron chi connectivity index (χ2n) is 4.88. The van der Waals surface area contributed by atoms with Crippen LogP contribution < -0.4 is 16.2 Å². The Bertz CT molecular complexity index is 504. The lowest BCUT2D eigenvalue weighted by Crippen LogP contribution is -2.32. The van der Waals surface area contributed by atoms with Crippen molar-refractivity contribution >= 4 is 11.8 Å².